The third kappa shape index (κ3) is 14.9. The van der Waals surface area contributed by atoms with Crippen LogP contribution in [0.2, 0.25) is 0 Å². The zero-order valence-electron chi connectivity index (χ0n) is 8.73. The molecule has 14 heavy (non-hydrogen) atoms. The Bertz CT molecular complexity index is 236. The molecule has 0 bridgehead atoms. The molecular weight excluding hydrogens is 215 g/mol. The molecule has 0 fully saturated rings. The van der Waals surface area contributed by atoms with E-state index >= 15 is 0 Å². The Hall–Kier alpha value is 0.450. The summed E-state index contributed by atoms with van der Waals surface area (Å²) in [5, 5.41) is 0. The number of hydrogen-bond donors (Lipinski definition) is 0. The fraction of sp³-hybridized carbons (Fsp3) is 0.750. The average molecular weight is 230 g/mol. The Kier molecular flexibility index (Phi) is 12.0. The molecule has 0 aromatic heterocycles. The molecule has 0 saturated carbocycles. The van der Waals surface area contributed by atoms with Crippen molar-refractivity contribution in [2.24, 2.45) is 0 Å². The van der Waals surface area contributed by atoms with E-state index in [1.54, 1.807) is 6.08 Å². The molecule has 0 spiro atoms. The fourth-order valence-corrected chi connectivity index (χ4v) is 1.08. The van der Waals surface area contributed by atoms with Crippen molar-refractivity contribution in [1.29, 1.82) is 0 Å². The summed E-state index contributed by atoms with van der Waals surface area (Å²) < 4.78 is 33.7. The first-order chi connectivity index (χ1) is 6.06. The van der Waals surface area contributed by atoms with E-state index in [0.717, 1.165) is 31.9 Å². The van der Waals surface area contributed by atoms with Crippen molar-refractivity contribution in [3.05, 3.63) is 12.3 Å². The second kappa shape index (κ2) is 9.98. The molecule has 0 N–H and O–H groups in total. The molecule has 0 rings (SSSR count). The van der Waals surface area contributed by atoms with Gasteiger partial charge < -0.3 is 8.74 Å². The minimum atomic E-state index is -4.56. The van der Waals surface area contributed by atoms with E-state index < -0.39 is 10.4 Å². The number of allylic oxidation sites excluding steroid dienone is 1. The van der Waals surface area contributed by atoms with Crippen LogP contribution < -0.4 is 29.6 Å². The summed E-state index contributed by atoms with van der Waals surface area (Å²) in [6, 6.07) is 0. The molecule has 0 atom stereocenters. The average Bonchev–Trinajstić information content (AvgIpc) is 2.01. The predicted octanol–water partition coefficient (Wildman–Crippen LogP) is -1.05. The van der Waals surface area contributed by atoms with E-state index in [-0.39, 0.29) is 29.6 Å². The van der Waals surface area contributed by atoms with E-state index in [1.165, 1.54) is 6.42 Å². The van der Waals surface area contributed by atoms with E-state index in [4.69, 9.17) is 0 Å². The van der Waals surface area contributed by atoms with E-state index in [2.05, 4.69) is 11.1 Å². The van der Waals surface area contributed by atoms with Gasteiger partial charge in [0.15, 0.2) is 0 Å². The molecule has 0 unspecified atom stereocenters. The summed E-state index contributed by atoms with van der Waals surface area (Å²) in [5.74, 6) is 0. The second-order valence-electron chi connectivity index (χ2n) is 2.73. The Morgan fingerprint density at radius 1 is 1.29 bits per heavy atom. The SMILES string of the molecule is CCCCCCC=COS(=O)(=O)[O-].[Na+]. The third-order valence-electron chi connectivity index (χ3n) is 1.49. The first kappa shape index (κ1) is 16.9. The van der Waals surface area contributed by atoms with Crippen LogP contribution in [0.15, 0.2) is 12.3 Å². The van der Waals surface area contributed by atoms with Gasteiger partial charge in [0.1, 0.15) is 6.26 Å². The molecule has 0 radical (unpaired) electrons. The molecule has 0 heterocycles. The van der Waals surface area contributed by atoms with Crippen LogP contribution in [0.3, 0.4) is 0 Å². The van der Waals surface area contributed by atoms with Crippen LogP contribution in [0.1, 0.15) is 39.0 Å². The first-order valence-corrected chi connectivity index (χ1v) is 5.68. The number of unbranched alkanes of at least 4 members (excludes halogenated alkanes) is 4. The van der Waals surface area contributed by atoms with Gasteiger partial charge in [0.05, 0.1) is 0 Å². The Morgan fingerprint density at radius 3 is 2.43 bits per heavy atom. The Balaban J connectivity index is 0. The van der Waals surface area contributed by atoms with Crippen molar-refractivity contribution >= 4 is 10.4 Å². The molecule has 0 amide bonds. The van der Waals surface area contributed by atoms with Gasteiger partial charge in [-0.2, -0.15) is 0 Å². The van der Waals surface area contributed by atoms with Gasteiger partial charge in [0, 0.05) is 0 Å². The van der Waals surface area contributed by atoms with Gasteiger partial charge in [-0.25, -0.2) is 8.42 Å². The van der Waals surface area contributed by atoms with Crippen molar-refractivity contribution in [2.75, 3.05) is 0 Å². The monoisotopic (exact) mass is 230 g/mol. The summed E-state index contributed by atoms with van der Waals surface area (Å²) in [5.41, 5.74) is 0. The molecule has 78 valence electrons. The van der Waals surface area contributed by atoms with Crippen LogP contribution in [0.5, 0.6) is 0 Å². The molecule has 4 nitrogen and oxygen atoms in total. The minimum absolute atomic E-state index is 0. The van der Waals surface area contributed by atoms with Crippen LogP contribution in [-0.4, -0.2) is 13.0 Å². The zero-order valence-corrected chi connectivity index (χ0v) is 11.5. The van der Waals surface area contributed by atoms with Crippen LogP contribution in [0, 0.1) is 0 Å². The van der Waals surface area contributed by atoms with Crippen molar-refractivity contribution in [1.82, 2.24) is 0 Å². The maximum atomic E-state index is 9.94. The summed E-state index contributed by atoms with van der Waals surface area (Å²) in [4.78, 5) is 0. The topological polar surface area (TPSA) is 66.4 Å². The molecule has 0 aliphatic heterocycles. The van der Waals surface area contributed by atoms with Gasteiger partial charge in [-0.1, -0.05) is 26.2 Å². The van der Waals surface area contributed by atoms with Crippen molar-refractivity contribution < 1.29 is 46.7 Å². The van der Waals surface area contributed by atoms with Gasteiger partial charge in [-0.15, -0.1) is 0 Å². The summed E-state index contributed by atoms with van der Waals surface area (Å²) in [6.45, 7) is 2.11. The molecule has 0 saturated heterocycles. The van der Waals surface area contributed by atoms with Crippen molar-refractivity contribution in [3.8, 4) is 0 Å². The molecule has 0 aromatic rings. The van der Waals surface area contributed by atoms with Gasteiger partial charge in [-0.3, -0.25) is 0 Å². The maximum Gasteiger partial charge on any atom is 1.00 e. The van der Waals surface area contributed by atoms with E-state index in [1.807, 2.05) is 0 Å². The molecule has 0 aliphatic carbocycles. The van der Waals surface area contributed by atoms with Gasteiger partial charge >= 0.3 is 29.6 Å². The van der Waals surface area contributed by atoms with Crippen LogP contribution in [0.4, 0.5) is 0 Å². The van der Waals surface area contributed by atoms with Gasteiger partial charge in [-0.05, 0) is 18.9 Å². The molecule has 0 aromatic carbocycles. The predicted molar refractivity (Wildman–Crippen MR) is 48.7 cm³/mol. The van der Waals surface area contributed by atoms with Crippen LogP contribution in [-0.2, 0) is 14.6 Å². The fourth-order valence-electron chi connectivity index (χ4n) is 0.864. The largest absolute Gasteiger partial charge is 1.00 e. The summed E-state index contributed by atoms with van der Waals surface area (Å²) in [7, 11) is -4.56. The van der Waals surface area contributed by atoms with Gasteiger partial charge in [0.25, 0.3) is 10.4 Å². The van der Waals surface area contributed by atoms with E-state index in [9.17, 15) is 13.0 Å². The van der Waals surface area contributed by atoms with Crippen molar-refractivity contribution in [3.63, 3.8) is 0 Å². The normalized spacial score (nSPS) is 11.3. The maximum absolute atomic E-state index is 9.94. The van der Waals surface area contributed by atoms with Crippen LogP contribution in [0.25, 0.3) is 0 Å². The number of hydrogen-bond acceptors (Lipinski definition) is 4. The quantitative estimate of drug-likeness (QED) is 0.184. The van der Waals surface area contributed by atoms with Gasteiger partial charge in [0.2, 0.25) is 0 Å². The molecule has 6 heteroatoms. The summed E-state index contributed by atoms with van der Waals surface area (Å²) in [6.07, 6.45) is 7.68. The Labute approximate surface area is 108 Å². The van der Waals surface area contributed by atoms with Crippen molar-refractivity contribution in [2.45, 2.75) is 39.0 Å². The third-order valence-corrected chi connectivity index (χ3v) is 1.84. The Morgan fingerprint density at radius 2 is 1.93 bits per heavy atom. The summed E-state index contributed by atoms with van der Waals surface area (Å²) >= 11 is 0. The second-order valence-corrected chi connectivity index (χ2v) is 3.73. The minimum Gasteiger partial charge on any atom is -0.716 e. The zero-order chi connectivity index (χ0) is 10.2. The smallest absolute Gasteiger partial charge is 0.716 e. The molecule has 0 aliphatic rings. The molecular formula is C8H15NaO4S. The number of rotatable bonds is 7. The van der Waals surface area contributed by atoms with Crippen LogP contribution >= 0.6 is 0 Å². The standard InChI is InChI=1S/C8H16O4S.Na/c1-2-3-4-5-6-7-8-12-13(9,10)11;/h7-8H,2-6H2,1H3,(H,9,10,11);/q;+1/p-1. The first-order valence-electron chi connectivity index (χ1n) is 4.35. The van der Waals surface area contributed by atoms with E-state index in [0.29, 0.717) is 0 Å².